The van der Waals surface area contributed by atoms with Gasteiger partial charge in [0.15, 0.2) is 5.78 Å². The third-order valence-electron chi connectivity index (χ3n) is 3.91. The van der Waals surface area contributed by atoms with E-state index in [9.17, 15) is 18.0 Å². The van der Waals surface area contributed by atoms with Gasteiger partial charge in [-0.25, -0.2) is 0 Å². The molecule has 0 aliphatic heterocycles. The van der Waals surface area contributed by atoms with E-state index >= 15 is 0 Å². The number of ketones is 1. The molecule has 1 aliphatic rings. The molecule has 0 radical (unpaired) electrons. The normalized spacial score (nSPS) is 13.1. The highest BCUT2D eigenvalue weighted by Crippen LogP contribution is 2.40. The van der Waals surface area contributed by atoms with Crippen molar-refractivity contribution in [3.05, 3.63) is 65.7 Å². The Morgan fingerprint density at radius 1 is 0.783 bits per heavy atom. The molecule has 0 fully saturated rings. The Kier molecular flexibility index (Phi) is 2.75. The lowest BCUT2D eigenvalue weighted by atomic mass is 9.83. The highest BCUT2D eigenvalue weighted by molar-refractivity contribution is 6.25. The second-order valence-corrected chi connectivity index (χ2v) is 5.29. The van der Waals surface area contributed by atoms with Gasteiger partial charge in [-0.3, -0.25) is 4.79 Å². The van der Waals surface area contributed by atoms with Crippen molar-refractivity contribution in [1.82, 2.24) is 0 Å². The van der Waals surface area contributed by atoms with Crippen molar-refractivity contribution in [2.45, 2.75) is 6.36 Å². The highest BCUT2D eigenvalue weighted by Gasteiger charge is 2.32. The molecule has 0 saturated heterocycles. The van der Waals surface area contributed by atoms with Crippen LogP contribution >= 0.6 is 0 Å². The third kappa shape index (κ3) is 2.16. The van der Waals surface area contributed by atoms with E-state index in [1.54, 1.807) is 12.1 Å². The van der Waals surface area contributed by atoms with Crippen molar-refractivity contribution in [3.63, 3.8) is 0 Å². The van der Waals surface area contributed by atoms with E-state index in [-0.39, 0.29) is 11.3 Å². The Morgan fingerprint density at radius 2 is 1.48 bits per heavy atom. The zero-order valence-electron chi connectivity index (χ0n) is 11.6. The number of hydrogen-bond acceptors (Lipinski definition) is 2. The maximum atomic E-state index is 12.7. The van der Waals surface area contributed by atoms with Crippen LogP contribution in [0.3, 0.4) is 0 Å². The van der Waals surface area contributed by atoms with E-state index in [1.807, 2.05) is 24.3 Å². The first-order valence-electron chi connectivity index (χ1n) is 6.91. The lowest BCUT2D eigenvalue weighted by Crippen LogP contribution is -2.18. The summed E-state index contributed by atoms with van der Waals surface area (Å²) in [5.74, 6) is -0.687. The quantitative estimate of drug-likeness (QED) is 0.497. The first-order valence-corrected chi connectivity index (χ1v) is 6.91. The standard InChI is InChI=1S/C18H9F3O2/c19-18(20,21)23-11-7-8-12-13-5-1-3-10-4-2-6-14(16(10)13)17(22)15(12)9-11/h1-9H. The van der Waals surface area contributed by atoms with Crippen LogP contribution in [0.2, 0.25) is 0 Å². The van der Waals surface area contributed by atoms with Crippen molar-refractivity contribution in [1.29, 1.82) is 0 Å². The zero-order chi connectivity index (χ0) is 16.2. The Balaban J connectivity index is 1.97. The van der Waals surface area contributed by atoms with Crippen LogP contribution in [0.25, 0.3) is 21.9 Å². The van der Waals surface area contributed by atoms with Gasteiger partial charge < -0.3 is 4.74 Å². The van der Waals surface area contributed by atoms with Crippen LogP contribution in [0, 0.1) is 0 Å². The Hall–Kier alpha value is -2.82. The Bertz CT molecular complexity index is 953. The summed E-state index contributed by atoms with van der Waals surface area (Å²) in [4.78, 5) is 12.7. The first kappa shape index (κ1) is 13.8. The molecule has 0 amide bonds. The molecular weight excluding hydrogens is 305 g/mol. The van der Waals surface area contributed by atoms with Gasteiger partial charge in [-0.1, -0.05) is 36.4 Å². The molecule has 5 heteroatoms. The first-order chi connectivity index (χ1) is 10.9. The van der Waals surface area contributed by atoms with Gasteiger partial charge in [0, 0.05) is 16.5 Å². The minimum Gasteiger partial charge on any atom is -0.406 e. The summed E-state index contributed by atoms with van der Waals surface area (Å²) < 4.78 is 41.1. The second-order valence-electron chi connectivity index (χ2n) is 5.29. The van der Waals surface area contributed by atoms with Crippen LogP contribution in [-0.4, -0.2) is 12.1 Å². The van der Waals surface area contributed by atoms with Gasteiger partial charge in [0.1, 0.15) is 5.75 Å². The molecule has 0 bridgehead atoms. The molecular formula is C18H9F3O2. The van der Waals surface area contributed by atoms with Gasteiger partial charge in [0.2, 0.25) is 0 Å². The van der Waals surface area contributed by atoms with Crippen molar-refractivity contribution in [2.75, 3.05) is 0 Å². The van der Waals surface area contributed by atoms with Crippen LogP contribution in [0.15, 0.2) is 54.6 Å². The number of hydrogen-bond donors (Lipinski definition) is 0. The summed E-state index contributed by atoms with van der Waals surface area (Å²) in [6.45, 7) is 0. The molecule has 1 aliphatic carbocycles. The zero-order valence-corrected chi connectivity index (χ0v) is 11.6. The number of carbonyl (C=O) groups excluding carboxylic acids is 1. The van der Waals surface area contributed by atoms with Crippen molar-refractivity contribution in [3.8, 4) is 16.9 Å². The average molecular weight is 314 g/mol. The number of benzene rings is 3. The molecule has 3 aromatic carbocycles. The molecule has 3 aromatic rings. The van der Waals surface area contributed by atoms with Gasteiger partial charge in [0.25, 0.3) is 0 Å². The van der Waals surface area contributed by atoms with Crippen LogP contribution in [-0.2, 0) is 0 Å². The number of rotatable bonds is 1. The molecule has 0 unspecified atom stereocenters. The smallest absolute Gasteiger partial charge is 0.406 e. The number of fused-ring (bicyclic) bond motifs is 2. The molecule has 0 heterocycles. The molecule has 0 N–H and O–H groups in total. The van der Waals surface area contributed by atoms with Crippen molar-refractivity contribution in [2.24, 2.45) is 0 Å². The van der Waals surface area contributed by atoms with E-state index in [2.05, 4.69) is 4.74 Å². The average Bonchev–Trinajstić information content (AvgIpc) is 2.51. The molecule has 0 saturated carbocycles. The van der Waals surface area contributed by atoms with Crippen molar-refractivity contribution >= 4 is 16.6 Å². The maximum absolute atomic E-state index is 12.7. The van der Waals surface area contributed by atoms with E-state index in [1.165, 1.54) is 12.1 Å². The Morgan fingerprint density at radius 3 is 2.17 bits per heavy atom. The minimum absolute atomic E-state index is 0.220. The van der Waals surface area contributed by atoms with Crippen LogP contribution in [0.1, 0.15) is 15.9 Å². The molecule has 0 spiro atoms. The lowest BCUT2D eigenvalue weighted by Gasteiger charge is -2.20. The van der Waals surface area contributed by atoms with E-state index in [4.69, 9.17) is 0 Å². The van der Waals surface area contributed by atoms with Crippen LogP contribution < -0.4 is 4.74 Å². The maximum Gasteiger partial charge on any atom is 0.573 e. The summed E-state index contributed by atoms with van der Waals surface area (Å²) in [5, 5.41) is 1.76. The summed E-state index contributed by atoms with van der Waals surface area (Å²) in [6.07, 6.45) is -4.79. The van der Waals surface area contributed by atoms with Crippen molar-refractivity contribution < 1.29 is 22.7 Å². The molecule has 0 aromatic heterocycles. The summed E-state index contributed by atoms with van der Waals surface area (Å²) in [7, 11) is 0. The predicted molar refractivity (Wildman–Crippen MR) is 79.5 cm³/mol. The Labute approximate surface area is 129 Å². The highest BCUT2D eigenvalue weighted by atomic mass is 19.4. The number of halogens is 3. The van der Waals surface area contributed by atoms with Gasteiger partial charge in [-0.05, 0) is 34.7 Å². The summed E-state index contributed by atoms with van der Waals surface area (Å²) in [5.41, 5.74) is 2.17. The fourth-order valence-electron chi connectivity index (χ4n) is 3.04. The van der Waals surface area contributed by atoms with E-state index < -0.39 is 12.1 Å². The predicted octanol–water partition coefficient (Wildman–Crippen LogP) is 4.95. The molecule has 23 heavy (non-hydrogen) atoms. The molecule has 0 atom stereocenters. The van der Waals surface area contributed by atoms with Crippen LogP contribution in [0.5, 0.6) is 5.75 Å². The third-order valence-corrected chi connectivity index (χ3v) is 3.91. The van der Waals surface area contributed by atoms with E-state index in [0.29, 0.717) is 11.1 Å². The van der Waals surface area contributed by atoms with E-state index in [0.717, 1.165) is 22.4 Å². The van der Waals surface area contributed by atoms with Gasteiger partial charge in [-0.15, -0.1) is 13.2 Å². The number of alkyl halides is 3. The van der Waals surface area contributed by atoms with Crippen LogP contribution in [0.4, 0.5) is 13.2 Å². The second kappa shape index (κ2) is 4.59. The lowest BCUT2D eigenvalue weighted by molar-refractivity contribution is -0.274. The number of ether oxygens (including phenoxy) is 1. The molecule has 114 valence electrons. The summed E-state index contributed by atoms with van der Waals surface area (Å²) >= 11 is 0. The monoisotopic (exact) mass is 314 g/mol. The number of carbonyl (C=O) groups is 1. The minimum atomic E-state index is -4.79. The summed E-state index contributed by atoms with van der Waals surface area (Å²) in [6, 6.07) is 14.9. The topological polar surface area (TPSA) is 26.3 Å². The fourth-order valence-corrected chi connectivity index (χ4v) is 3.04. The largest absolute Gasteiger partial charge is 0.573 e. The van der Waals surface area contributed by atoms with Gasteiger partial charge >= 0.3 is 6.36 Å². The molecule has 2 nitrogen and oxygen atoms in total. The SMILES string of the molecule is O=C1c2cc(OC(F)(F)F)ccc2-c2cccc3cccc1c23. The van der Waals surface area contributed by atoms with Gasteiger partial charge in [0.05, 0.1) is 0 Å². The molecule has 4 rings (SSSR count). The fraction of sp³-hybridized carbons (Fsp3) is 0.0556. The van der Waals surface area contributed by atoms with Gasteiger partial charge in [-0.2, -0.15) is 0 Å².